The van der Waals surface area contributed by atoms with E-state index in [2.05, 4.69) is 32.2 Å². The first-order chi connectivity index (χ1) is 16.8. The normalized spacial score (nSPS) is 34.4. The molecule has 0 spiro atoms. The summed E-state index contributed by atoms with van der Waals surface area (Å²) in [6.07, 6.45) is 11.8. The Balaban J connectivity index is 1.73. The minimum absolute atomic E-state index is 0.0870. The van der Waals surface area contributed by atoms with E-state index in [-0.39, 0.29) is 11.5 Å². The zero-order valence-corrected chi connectivity index (χ0v) is 22.8. The van der Waals surface area contributed by atoms with Crippen LogP contribution in [0.1, 0.15) is 79.6 Å². The van der Waals surface area contributed by atoms with Crippen molar-refractivity contribution in [3.8, 4) is 0 Å². The molecule has 0 heterocycles. The molecule has 0 unspecified atom stereocenters. The van der Waals surface area contributed by atoms with Crippen molar-refractivity contribution in [2.24, 2.45) is 22.7 Å². The Hall–Kier alpha value is -1.95. The number of hydrogen-bond donors (Lipinski definition) is 3. The molecule has 3 saturated carbocycles. The molecule has 3 fully saturated rings. The Morgan fingerprint density at radius 2 is 1.92 bits per heavy atom. The number of esters is 1. The summed E-state index contributed by atoms with van der Waals surface area (Å²) >= 11 is 0. The highest BCUT2D eigenvalue weighted by Crippen LogP contribution is 2.59. The first-order valence-corrected chi connectivity index (χ1v) is 13.5. The van der Waals surface area contributed by atoms with Crippen LogP contribution in [0.5, 0.6) is 0 Å². The van der Waals surface area contributed by atoms with Gasteiger partial charge < -0.3 is 20.1 Å². The van der Waals surface area contributed by atoms with Gasteiger partial charge in [-0.2, -0.15) is 0 Å². The number of ether oxygens (including phenoxy) is 1. The summed E-state index contributed by atoms with van der Waals surface area (Å²) in [4.78, 5) is 12.4. The standard InChI is InChI=1S/C31H46O5/c1-19(2)36-29(35)30(5,6)28(34)15-10-20(3)25-13-14-26-22(9-8-16-31(25,26)7)11-12-23-17-24(32)18-27(33)21(23)4/h10-12,15,19,24-28,32-34H,3-4,8-9,13-14,16-18H2,1-2,5-7H3/t24-,25-,26+,27+,28-,31-/m1/s1. The monoisotopic (exact) mass is 498 g/mol. The van der Waals surface area contributed by atoms with Gasteiger partial charge in [-0.25, -0.2) is 0 Å². The van der Waals surface area contributed by atoms with Gasteiger partial charge in [0.2, 0.25) is 0 Å². The smallest absolute Gasteiger partial charge is 0.314 e. The first kappa shape index (κ1) is 28.6. The van der Waals surface area contributed by atoms with Gasteiger partial charge in [-0.1, -0.05) is 55.5 Å². The Bertz CT molecular complexity index is 952. The van der Waals surface area contributed by atoms with E-state index in [1.807, 2.05) is 6.08 Å². The summed E-state index contributed by atoms with van der Waals surface area (Å²) in [7, 11) is 0. The largest absolute Gasteiger partial charge is 0.462 e. The molecule has 3 aliphatic carbocycles. The molecule has 0 amide bonds. The number of aliphatic hydroxyl groups is 3. The van der Waals surface area contributed by atoms with Gasteiger partial charge in [-0.15, -0.1) is 0 Å². The zero-order valence-electron chi connectivity index (χ0n) is 22.8. The molecule has 5 nitrogen and oxygen atoms in total. The van der Waals surface area contributed by atoms with Gasteiger partial charge in [0, 0.05) is 6.42 Å². The molecule has 0 aromatic heterocycles. The van der Waals surface area contributed by atoms with E-state index < -0.39 is 29.7 Å². The number of aliphatic hydroxyl groups excluding tert-OH is 3. The number of hydrogen-bond acceptors (Lipinski definition) is 5. The van der Waals surface area contributed by atoms with Crippen LogP contribution in [-0.2, 0) is 9.53 Å². The summed E-state index contributed by atoms with van der Waals surface area (Å²) in [5, 5.41) is 31.0. The van der Waals surface area contributed by atoms with Crippen molar-refractivity contribution in [1.82, 2.24) is 0 Å². The maximum atomic E-state index is 12.4. The average Bonchev–Trinajstić information content (AvgIpc) is 3.15. The lowest BCUT2D eigenvalue weighted by Gasteiger charge is -2.42. The topological polar surface area (TPSA) is 87.0 Å². The molecule has 3 rings (SSSR count). The van der Waals surface area contributed by atoms with E-state index in [0.717, 1.165) is 48.8 Å². The van der Waals surface area contributed by atoms with Gasteiger partial charge in [0.15, 0.2) is 0 Å². The van der Waals surface area contributed by atoms with Crippen molar-refractivity contribution in [2.45, 2.75) is 104 Å². The number of carbonyl (C=O) groups excluding carboxylic acids is 1. The predicted octanol–water partition coefficient (Wildman–Crippen LogP) is 5.58. The molecule has 0 aromatic carbocycles. The quantitative estimate of drug-likeness (QED) is 0.315. The van der Waals surface area contributed by atoms with Crippen LogP contribution in [0.4, 0.5) is 0 Å². The van der Waals surface area contributed by atoms with Crippen molar-refractivity contribution >= 4 is 5.97 Å². The summed E-state index contributed by atoms with van der Waals surface area (Å²) < 4.78 is 5.33. The van der Waals surface area contributed by atoms with Gasteiger partial charge in [-0.3, -0.25) is 4.79 Å². The second kappa shape index (κ2) is 11.2. The van der Waals surface area contributed by atoms with Gasteiger partial charge in [0.05, 0.1) is 29.8 Å². The molecule has 3 N–H and O–H groups in total. The van der Waals surface area contributed by atoms with Crippen LogP contribution in [0.3, 0.4) is 0 Å². The minimum Gasteiger partial charge on any atom is -0.462 e. The molecule has 0 radical (unpaired) electrons. The molecular weight excluding hydrogens is 452 g/mol. The Morgan fingerprint density at radius 1 is 1.22 bits per heavy atom. The lowest BCUT2D eigenvalue weighted by atomic mass is 9.62. The van der Waals surface area contributed by atoms with Crippen LogP contribution in [-0.4, -0.2) is 45.7 Å². The van der Waals surface area contributed by atoms with Crippen molar-refractivity contribution in [2.75, 3.05) is 0 Å². The fourth-order valence-corrected chi connectivity index (χ4v) is 6.37. The van der Waals surface area contributed by atoms with Gasteiger partial charge in [0.1, 0.15) is 0 Å². The molecule has 3 aliphatic rings. The molecule has 0 aliphatic heterocycles. The third kappa shape index (κ3) is 5.95. The summed E-state index contributed by atoms with van der Waals surface area (Å²) in [6, 6.07) is 0. The van der Waals surface area contributed by atoms with Crippen molar-refractivity contribution in [1.29, 1.82) is 0 Å². The molecule has 0 saturated heterocycles. The molecule has 0 bridgehead atoms. The summed E-state index contributed by atoms with van der Waals surface area (Å²) in [5.74, 6) is 0.346. The van der Waals surface area contributed by atoms with Crippen molar-refractivity contribution < 1.29 is 24.9 Å². The van der Waals surface area contributed by atoms with E-state index in [1.54, 1.807) is 33.8 Å². The van der Waals surface area contributed by atoms with E-state index in [4.69, 9.17) is 4.74 Å². The number of rotatable bonds is 7. The number of fused-ring (bicyclic) bond motifs is 1. The van der Waals surface area contributed by atoms with Crippen LogP contribution in [0, 0.1) is 22.7 Å². The van der Waals surface area contributed by atoms with Crippen molar-refractivity contribution in [3.63, 3.8) is 0 Å². The lowest BCUT2D eigenvalue weighted by Crippen LogP contribution is -2.38. The molecule has 0 aromatic rings. The molecule has 6 atom stereocenters. The van der Waals surface area contributed by atoms with E-state index in [9.17, 15) is 20.1 Å². The Kier molecular flexibility index (Phi) is 8.91. The molecule has 5 heteroatoms. The fraction of sp³-hybridized carbons (Fsp3) is 0.645. The van der Waals surface area contributed by atoms with Crippen LogP contribution in [0.15, 0.2) is 59.8 Å². The van der Waals surface area contributed by atoms with Crippen LogP contribution in [0.2, 0.25) is 0 Å². The third-order valence-corrected chi connectivity index (χ3v) is 8.78. The molecular formula is C31H46O5. The Morgan fingerprint density at radius 3 is 2.58 bits per heavy atom. The maximum Gasteiger partial charge on any atom is 0.314 e. The fourth-order valence-electron chi connectivity index (χ4n) is 6.37. The van der Waals surface area contributed by atoms with E-state index in [0.29, 0.717) is 24.7 Å². The predicted molar refractivity (Wildman–Crippen MR) is 144 cm³/mol. The third-order valence-electron chi connectivity index (χ3n) is 8.78. The molecule has 36 heavy (non-hydrogen) atoms. The highest BCUT2D eigenvalue weighted by Gasteiger charge is 2.49. The van der Waals surface area contributed by atoms with E-state index in [1.165, 1.54) is 5.57 Å². The highest BCUT2D eigenvalue weighted by molar-refractivity contribution is 5.77. The van der Waals surface area contributed by atoms with Crippen molar-refractivity contribution in [3.05, 3.63) is 59.8 Å². The van der Waals surface area contributed by atoms with Gasteiger partial charge >= 0.3 is 5.97 Å². The lowest BCUT2D eigenvalue weighted by molar-refractivity contribution is -0.162. The zero-order chi connectivity index (χ0) is 26.8. The average molecular weight is 499 g/mol. The molecule has 200 valence electrons. The van der Waals surface area contributed by atoms with Crippen LogP contribution < -0.4 is 0 Å². The van der Waals surface area contributed by atoms with Gasteiger partial charge in [0.25, 0.3) is 0 Å². The van der Waals surface area contributed by atoms with Gasteiger partial charge in [-0.05, 0) is 94.6 Å². The Labute approximate surface area is 217 Å². The van der Waals surface area contributed by atoms with E-state index >= 15 is 0 Å². The highest BCUT2D eigenvalue weighted by atomic mass is 16.5. The number of allylic oxidation sites excluding steroid dienone is 5. The summed E-state index contributed by atoms with van der Waals surface area (Å²) in [5.41, 5.74) is 3.13. The SMILES string of the molecule is C=C(C=C[C@@H](O)C(C)(C)C(=O)OC(C)C)[C@H]1CC[C@H]2C(=CC=C3C[C@@H](O)C[C@H](O)C3=C)CCC[C@]12C. The van der Waals surface area contributed by atoms with Crippen LogP contribution >= 0.6 is 0 Å². The summed E-state index contributed by atoms with van der Waals surface area (Å²) in [6.45, 7) is 17.8. The first-order valence-electron chi connectivity index (χ1n) is 13.5. The minimum atomic E-state index is -1.04. The second-order valence-electron chi connectivity index (χ2n) is 12.2. The second-order valence-corrected chi connectivity index (χ2v) is 12.2. The maximum absolute atomic E-state index is 12.4. The number of carbonyl (C=O) groups is 1. The van der Waals surface area contributed by atoms with Crippen LogP contribution in [0.25, 0.3) is 0 Å².